The molecule has 0 aliphatic heterocycles. The van der Waals surface area contributed by atoms with Crippen LogP contribution in [0, 0.1) is 5.92 Å². The molecular formula is C19H23N3O4. The Kier molecular flexibility index (Phi) is 5.35. The largest absolute Gasteiger partial charge is 0.451 e. The lowest BCUT2D eigenvalue weighted by Gasteiger charge is -2.29. The van der Waals surface area contributed by atoms with Crippen molar-refractivity contribution in [2.45, 2.75) is 38.6 Å². The quantitative estimate of drug-likeness (QED) is 0.843. The first kappa shape index (κ1) is 18.1. The molecule has 3 rings (SSSR count). The molecule has 138 valence electrons. The second-order valence-electron chi connectivity index (χ2n) is 6.83. The lowest BCUT2D eigenvalue weighted by molar-refractivity contribution is -0.125. The van der Waals surface area contributed by atoms with Crippen LogP contribution in [0.2, 0.25) is 0 Å². The van der Waals surface area contributed by atoms with Crippen molar-refractivity contribution in [3.8, 4) is 0 Å². The Morgan fingerprint density at radius 1 is 1.23 bits per heavy atom. The van der Waals surface area contributed by atoms with Gasteiger partial charge in [0.2, 0.25) is 0 Å². The number of carbonyl (C=O) groups is 2. The summed E-state index contributed by atoms with van der Waals surface area (Å²) in [7, 11) is 1.47. The molecule has 1 aliphatic rings. The van der Waals surface area contributed by atoms with Crippen molar-refractivity contribution in [3.63, 3.8) is 0 Å². The van der Waals surface area contributed by atoms with Crippen LogP contribution in [0.15, 0.2) is 29.1 Å². The zero-order valence-electron chi connectivity index (χ0n) is 15.0. The Labute approximate surface area is 151 Å². The van der Waals surface area contributed by atoms with Crippen LogP contribution in [-0.4, -0.2) is 34.3 Å². The summed E-state index contributed by atoms with van der Waals surface area (Å²) >= 11 is 0. The van der Waals surface area contributed by atoms with Gasteiger partial charge in [0, 0.05) is 18.5 Å². The minimum atomic E-state index is -0.719. The van der Waals surface area contributed by atoms with Crippen molar-refractivity contribution in [1.82, 2.24) is 15.1 Å². The van der Waals surface area contributed by atoms with Crippen LogP contribution in [0.1, 0.15) is 43.1 Å². The standard InChI is InChI=1S/C19H23N3O4/c1-12-7-3-6-10-15(12)20-16(23)11-26-19(25)17-13-8-4-5-9-14(13)18(24)22(2)21-17/h4-5,8-9,12,15H,3,6-7,10-11H2,1-2H3,(H,20,23)/t12-,15+/m1/s1. The molecule has 1 aliphatic carbocycles. The number of ether oxygens (including phenoxy) is 1. The van der Waals surface area contributed by atoms with E-state index >= 15 is 0 Å². The predicted octanol–water partition coefficient (Wildman–Crippen LogP) is 1.79. The molecule has 0 spiro atoms. The van der Waals surface area contributed by atoms with Gasteiger partial charge in [-0.3, -0.25) is 9.59 Å². The predicted molar refractivity (Wildman–Crippen MR) is 96.8 cm³/mol. The highest BCUT2D eigenvalue weighted by atomic mass is 16.5. The summed E-state index contributed by atoms with van der Waals surface area (Å²) in [6.45, 7) is 1.76. The van der Waals surface area contributed by atoms with Crippen LogP contribution in [0.3, 0.4) is 0 Å². The van der Waals surface area contributed by atoms with Crippen molar-refractivity contribution in [1.29, 1.82) is 0 Å². The highest BCUT2D eigenvalue weighted by molar-refractivity contribution is 6.02. The van der Waals surface area contributed by atoms with Gasteiger partial charge in [0.1, 0.15) is 0 Å². The maximum Gasteiger partial charge on any atom is 0.359 e. The lowest BCUT2D eigenvalue weighted by Crippen LogP contribution is -2.43. The van der Waals surface area contributed by atoms with Crippen LogP contribution < -0.4 is 10.9 Å². The van der Waals surface area contributed by atoms with Crippen molar-refractivity contribution in [2.24, 2.45) is 13.0 Å². The minimum Gasteiger partial charge on any atom is -0.451 e. The molecule has 1 fully saturated rings. The third-order valence-electron chi connectivity index (χ3n) is 4.94. The van der Waals surface area contributed by atoms with Crippen LogP contribution in [-0.2, 0) is 16.6 Å². The molecule has 26 heavy (non-hydrogen) atoms. The summed E-state index contributed by atoms with van der Waals surface area (Å²) in [6, 6.07) is 6.85. The second-order valence-corrected chi connectivity index (χ2v) is 6.83. The number of nitrogens with zero attached hydrogens (tertiary/aromatic N) is 2. The topological polar surface area (TPSA) is 90.3 Å². The van der Waals surface area contributed by atoms with Gasteiger partial charge >= 0.3 is 5.97 Å². The van der Waals surface area contributed by atoms with Gasteiger partial charge < -0.3 is 10.1 Å². The number of carbonyl (C=O) groups excluding carboxylic acids is 2. The molecule has 1 aromatic carbocycles. The fourth-order valence-corrected chi connectivity index (χ4v) is 3.43. The van der Waals surface area contributed by atoms with Gasteiger partial charge in [0.05, 0.1) is 5.39 Å². The Balaban J connectivity index is 1.69. The number of amides is 1. The van der Waals surface area contributed by atoms with E-state index in [9.17, 15) is 14.4 Å². The monoisotopic (exact) mass is 357 g/mol. The van der Waals surface area contributed by atoms with Crippen molar-refractivity contribution < 1.29 is 14.3 Å². The number of hydrogen-bond donors (Lipinski definition) is 1. The molecular weight excluding hydrogens is 334 g/mol. The Morgan fingerprint density at radius 2 is 1.92 bits per heavy atom. The van der Waals surface area contributed by atoms with E-state index in [1.54, 1.807) is 24.3 Å². The maximum atomic E-state index is 12.4. The highest BCUT2D eigenvalue weighted by Gasteiger charge is 2.24. The first-order valence-corrected chi connectivity index (χ1v) is 8.90. The molecule has 2 aromatic rings. The third kappa shape index (κ3) is 3.76. The van der Waals surface area contributed by atoms with E-state index in [2.05, 4.69) is 17.3 Å². The van der Waals surface area contributed by atoms with Gasteiger partial charge in [-0.1, -0.05) is 38.0 Å². The fraction of sp³-hybridized carbons (Fsp3) is 0.474. The summed E-state index contributed by atoms with van der Waals surface area (Å²) in [5.74, 6) is -0.604. The molecule has 7 heteroatoms. The van der Waals surface area contributed by atoms with Crippen molar-refractivity contribution in [2.75, 3.05) is 6.61 Å². The molecule has 1 N–H and O–H groups in total. The van der Waals surface area contributed by atoms with Gasteiger partial charge in [-0.05, 0) is 24.8 Å². The van der Waals surface area contributed by atoms with E-state index < -0.39 is 5.97 Å². The molecule has 0 unspecified atom stereocenters. The molecule has 1 aromatic heterocycles. The molecule has 1 saturated carbocycles. The molecule has 7 nitrogen and oxygen atoms in total. The first-order valence-electron chi connectivity index (χ1n) is 8.90. The van der Waals surface area contributed by atoms with E-state index in [1.807, 2.05) is 0 Å². The van der Waals surface area contributed by atoms with Gasteiger partial charge in [-0.15, -0.1) is 0 Å². The number of rotatable bonds is 4. The Hall–Kier alpha value is -2.70. The van der Waals surface area contributed by atoms with Crippen LogP contribution >= 0.6 is 0 Å². The lowest BCUT2D eigenvalue weighted by atomic mass is 9.86. The van der Waals surface area contributed by atoms with Gasteiger partial charge in [-0.25, -0.2) is 9.48 Å². The second kappa shape index (κ2) is 7.68. The number of aromatic nitrogens is 2. The Bertz CT molecular complexity index is 890. The van der Waals surface area contributed by atoms with Crippen molar-refractivity contribution >= 4 is 22.6 Å². The van der Waals surface area contributed by atoms with E-state index in [0.717, 1.165) is 23.9 Å². The smallest absolute Gasteiger partial charge is 0.359 e. The Morgan fingerprint density at radius 3 is 2.65 bits per heavy atom. The summed E-state index contributed by atoms with van der Waals surface area (Å²) in [5.41, 5.74) is -0.261. The number of benzene rings is 1. The van der Waals surface area contributed by atoms with Gasteiger partial charge in [0.25, 0.3) is 11.5 Å². The minimum absolute atomic E-state index is 0.0292. The average Bonchev–Trinajstić information content (AvgIpc) is 2.64. The van der Waals surface area contributed by atoms with Crippen LogP contribution in [0.5, 0.6) is 0 Å². The molecule has 0 saturated heterocycles. The summed E-state index contributed by atoms with van der Waals surface area (Å²) in [4.78, 5) is 36.6. The van der Waals surface area contributed by atoms with Crippen LogP contribution in [0.4, 0.5) is 0 Å². The summed E-state index contributed by atoms with van der Waals surface area (Å²) in [5, 5.41) is 7.75. The molecule has 0 bridgehead atoms. The zero-order valence-corrected chi connectivity index (χ0v) is 15.0. The number of esters is 1. The van der Waals surface area contributed by atoms with E-state index in [4.69, 9.17) is 4.74 Å². The van der Waals surface area contributed by atoms with E-state index in [1.165, 1.54) is 13.5 Å². The third-order valence-corrected chi connectivity index (χ3v) is 4.94. The number of hydrogen-bond acceptors (Lipinski definition) is 5. The number of nitrogens with one attached hydrogen (secondary N) is 1. The fourth-order valence-electron chi connectivity index (χ4n) is 3.43. The van der Waals surface area contributed by atoms with E-state index in [0.29, 0.717) is 16.7 Å². The zero-order chi connectivity index (χ0) is 18.7. The number of aryl methyl sites for hydroxylation is 1. The average molecular weight is 357 g/mol. The molecule has 2 atom stereocenters. The molecule has 1 heterocycles. The summed E-state index contributed by atoms with van der Waals surface area (Å²) < 4.78 is 6.24. The maximum absolute atomic E-state index is 12.4. The molecule has 1 amide bonds. The van der Waals surface area contributed by atoms with Crippen molar-refractivity contribution in [3.05, 3.63) is 40.3 Å². The first-order chi connectivity index (χ1) is 12.5. The van der Waals surface area contributed by atoms with Gasteiger partial charge in [0.15, 0.2) is 12.3 Å². The SMILES string of the molecule is C[C@@H]1CCCC[C@@H]1NC(=O)COC(=O)c1nn(C)c(=O)c2ccccc12. The number of fused-ring (bicyclic) bond motifs is 1. The summed E-state index contributed by atoms with van der Waals surface area (Å²) in [6.07, 6.45) is 4.34. The van der Waals surface area contributed by atoms with E-state index in [-0.39, 0.29) is 29.8 Å². The highest BCUT2D eigenvalue weighted by Crippen LogP contribution is 2.23. The van der Waals surface area contributed by atoms with Gasteiger partial charge in [-0.2, -0.15) is 5.10 Å². The normalized spacial score (nSPS) is 19.9. The molecule has 0 radical (unpaired) electrons. The van der Waals surface area contributed by atoms with Crippen LogP contribution in [0.25, 0.3) is 10.8 Å².